The molecule has 88 valence electrons. The number of amides is 1. The zero-order chi connectivity index (χ0) is 12.2. The third-order valence-electron chi connectivity index (χ3n) is 1.99. The van der Waals surface area contributed by atoms with Crippen molar-refractivity contribution in [2.75, 3.05) is 6.54 Å². The minimum Gasteiger partial charge on any atom is -0.329 e. The summed E-state index contributed by atoms with van der Waals surface area (Å²) in [6.45, 7) is 1.36. The van der Waals surface area contributed by atoms with Gasteiger partial charge in [-0.15, -0.1) is 0 Å². The van der Waals surface area contributed by atoms with Gasteiger partial charge in [-0.1, -0.05) is 6.07 Å². The van der Waals surface area contributed by atoms with Crippen LogP contribution in [0.4, 0.5) is 13.2 Å². The maximum absolute atomic E-state index is 12.2. The second-order valence-corrected chi connectivity index (χ2v) is 3.14. The lowest BCUT2D eigenvalue weighted by atomic mass is 10.3. The number of carbonyl (C=O) groups is 1. The number of pyridine rings is 1. The van der Waals surface area contributed by atoms with Gasteiger partial charge in [0.1, 0.15) is 0 Å². The highest BCUT2D eigenvalue weighted by atomic mass is 19.4. The third kappa shape index (κ3) is 3.22. The molecule has 0 bridgehead atoms. The van der Waals surface area contributed by atoms with E-state index in [1.165, 1.54) is 13.1 Å². The molecule has 0 saturated carbocycles. The molecule has 3 nitrogen and oxygen atoms in total. The van der Waals surface area contributed by atoms with Crippen LogP contribution in [0, 0.1) is 0 Å². The molecule has 0 atom stereocenters. The van der Waals surface area contributed by atoms with E-state index in [1.54, 1.807) is 18.2 Å². The molecule has 0 spiro atoms. The molecule has 0 unspecified atom stereocenters. The first-order valence-electron chi connectivity index (χ1n) is 4.71. The molecule has 1 rings (SSSR count). The highest BCUT2D eigenvalue weighted by Crippen LogP contribution is 2.19. The number of halogens is 3. The van der Waals surface area contributed by atoms with Crippen molar-refractivity contribution in [1.29, 1.82) is 0 Å². The van der Waals surface area contributed by atoms with E-state index in [9.17, 15) is 18.0 Å². The molecule has 0 fully saturated rings. The van der Waals surface area contributed by atoms with E-state index in [2.05, 4.69) is 4.98 Å². The van der Waals surface area contributed by atoms with Crippen molar-refractivity contribution in [3.05, 3.63) is 30.1 Å². The van der Waals surface area contributed by atoms with Crippen molar-refractivity contribution in [2.24, 2.45) is 0 Å². The van der Waals surface area contributed by atoms with E-state index in [0.717, 1.165) is 0 Å². The van der Waals surface area contributed by atoms with E-state index in [0.29, 0.717) is 10.6 Å². The molecule has 16 heavy (non-hydrogen) atoms. The summed E-state index contributed by atoms with van der Waals surface area (Å²) in [6.07, 6.45) is -3.36. The largest absolute Gasteiger partial charge is 0.471 e. The van der Waals surface area contributed by atoms with Gasteiger partial charge in [-0.3, -0.25) is 9.78 Å². The maximum Gasteiger partial charge on any atom is 0.471 e. The van der Waals surface area contributed by atoms with Gasteiger partial charge in [0.25, 0.3) is 0 Å². The third-order valence-corrected chi connectivity index (χ3v) is 1.99. The Kier molecular flexibility index (Phi) is 3.87. The second kappa shape index (κ2) is 4.96. The average Bonchev–Trinajstić information content (AvgIpc) is 2.25. The maximum atomic E-state index is 12.2. The number of aromatic nitrogens is 1. The Hall–Kier alpha value is -1.59. The Labute approximate surface area is 90.9 Å². The van der Waals surface area contributed by atoms with Crippen molar-refractivity contribution in [3.63, 3.8) is 0 Å². The fourth-order valence-corrected chi connectivity index (χ4v) is 1.19. The Morgan fingerprint density at radius 1 is 1.44 bits per heavy atom. The SMILES string of the molecule is CCN(Cc1ccccn1)C(=O)C(F)(F)F. The highest BCUT2D eigenvalue weighted by molar-refractivity contribution is 5.81. The summed E-state index contributed by atoms with van der Waals surface area (Å²) >= 11 is 0. The van der Waals surface area contributed by atoms with Crippen molar-refractivity contribution < 1.29 is 18.0 Å². The Bertz CT molecular complexity index is 351. The lowest BCUT2D eigenvalue weighted by molar-refractivity contribution is -0.185. The number of nitrogens with zero attached hydrogens (tertiary/aromatic N) is 2. The molecular weight excluding hydrogens is 221 g/mol. The highest BCUT2D eigenvalue weighted by Gasteiger charge is 2.41. The van der Waals surface area contributed by atoms with E-state index < -0.39 is 12.1 Å². The zero-order valence-corrected chi connectivity index (χ0v) is 8.66. The molecule has 0 N–H and O–H groups in total. The number of hydrogen-bond donors (Lipinski definition) is 0. The van der Waals surface area contributed by atoms with E-state index >= 15 is 0 Å². The summed E-state index contributed by atoms with van der Waals surface area (Å²) in [4.78, 5) is 15.6. The lowest BCUT2D eigenvalue weighted by Crippen LogP contribution is -2.40. The van der Waals surface area contributed by atoms with E-state index in [1.807, 2.05) is 0 Å². The van der Waals surface area contributed by atoms with Gasteiger partial charge in [-0.2, -0.15) is 13.2 Å². The molecule has 0 saturated heterocycles. The molecular formula is C10H11F3N2O. The fraction of sp³-hybridized carbons (Fsp3) is 0.400. The van der Waals surface area contributed by atoms with Crippen molar-refractivity contribution in [2.45, 2.75) is 19.6 Å². The molecule has 6 heteroatoms. The first kappa shape index (κ1) is 12.5. The summed E-state index contributed by atoms with van der Waals surface area (Å²) in [5.74, 6) is -1.83. The van der Waals surface area contributed by atoms with Crippen LogP contribution in [0.25, 0.3) is 0 Å². The quantitative estimate of drug-likeness (QED) is 0.798. The monoisotopic (exact) mass is 232 g/mol. The Morgan fingerprint density at radius 3 is 2.56 bits per heavy atom. The van der Waals surface area contributed by atoms with Crippen LogP contribution in [0.2, 0.25) is 0 Å². The minimum absolute atomic E-state index is 0.00504. The summed E-state index contributed by atoms with van der Waals surface area (Å²) < 4.78 is 36.5. The van der Waals surface area contributed by atoms with Gasteiger partial charge in [0, 0.05) is 12.7 Å². The second-order valence-electron chi connectivity index (χ2n) is 3.14. The predicted molar refractivity (Wildman–Crippen MR) is 51.4 cm³/mol. The summed E-state index contributed by atoms with van der Waals surface area (Å²) in [6, 6.07) is 4.89. The Morgan fingerprint density at radius 2 is 2.12 bits per heavy atom. The van der Waals surface area contributed by atoms with Crippen LogP contribution in [0.15, 0.2) is 24.4 Å². The average molecular weight is 232 g/mol. The van der Waals surface area contributed by atoms with E-state index in [4.69, 9.17) is 0 Å². The number of hydrogen-bond acceptors (Lipinski definition) is 2. The standard InChI is InChI=1S/C10H11F3N2O/c1-2-15(9(16)10(11,12)13)7-8-5-3-4-6-14-8/h3-6H,2,7H2,1H3. The van der Waals surface area contributed by atoms with Crippen molar-refractivity contribution >= 4 is 5.91 Å². The van der Waals surface area contributed by atoms with Gasteiger partial charge < -0.3 is 4.90 Å². The van der Waals surface area contributed by atoms with Gasteiger partial charge >= 0.3 is 12.1 Å². The summed E-state index contributed by atoms with van der Waals surface area (Å²) in [5.41, 5.74) is 0.432. The van der Waals surface area contributed by atoms with Crippen LogP contribution in [0.5, 0.6) is 0 Å². The molecule has 1 amide bonds. The number of alkyl halides is 3. The van der Waals surface area contributed by atoms with Crippen LogP contribution in [0.3, 0.4) is 0 Å². The van der Waals surface area contributed by atoms with Crippen molar-refractivity contribution in [1.82, 2.24) is 9.88 Å². The smallest absolute Gasteiger partial charge is 0.329 e. The van der Waals surface area contributed by atoms with Crippen LogP contribution >= 0.6 is 0 Å². The van der Waals surface area contributed by atoms with Gasteiger partial charge in [0.2, 0.25) is 0 Å². The normalized spacial score (nSPS) is 11.2. The molecule has 0 aromatic carbocycles. The number of carbonyl (C=O) groups excluding carboxylic acids is 1. The van der Waals surface area contributed by atoms with Gasteiger partial charge in [0.15, 0.2) is 0 Å². The summed E-state index contributed by atoms with van der Waals surface area (Å²) in [7, 11) is 0. The molecule has 1 heterocycles. The number of rotatable bonds is 3. The van der Waals surface area contributed by atoms with Crippen LogP contribution in [-0.4, -0.2) is 28.5 Å². The zero-order valence-electron chi connectivity index (χ0n) is 8.66. The van der Waals surface area contributed by atoms with Crippen LogP contribution < -0.4 is 0 Å². The molecule has 0 aliphatic heterocycles. The molecule has 1 aromatic rings. The minimum atomic E-state index is -4.83. The molecule has 0 radical (unpaired) electrons. The van der Waals surface area contributed by atoms with Crippen LogP contribution in [-0.2, 0) is 11.3 Å². The molecule has 0 aliphatic rings. The van der Waals surface area contributed by atoms with Gasteiger partial charge in [0.05, 0.1) is 12.2 Å². The first-order valence-corrected chi connectivity index (χ1v) is 4.71. The van der Waals surface area contributed by atoms with Gasteiger partial charge in [-0.05, 0) is 19.1 Å². The fourth-order valence-electron chi connectivity index (χ4n) is 1.19. The first-order chi connectivity index (χ1) is 7.45. The van der Waals surface area contributed by atoms with E-state index in [-0.39, 0.29) is 13.1 Å². The predicted octanol–water partition coefficient (Wildman–Crippen LogP) is 1.99. The van der Waals surface area contributed by atoms with Crippen LogP contribution in [0.1, 0.15) is 12.6 Å². The molecule has 1 aromatic heterocycles. The van der Waals surface area contributed by atoms with Crippen molar-refractivity contribution in [3.8, 4) is 0 Å². The lowest BCUT2D eigenvalue weighted by Gasteiger charge is -2.21. The topological polar surface area (TPSA) is 33.2 Å². The molecule has 0 aliphatic carbocycles. The Balaban J connectivity index is 2.74. The van der Waals surface area contributed by atoms with Gasteiger partial charge in [-0.25, -0.2) is 0 Å². The summed E-state index contributed by atoms with van der Waals surface area (Å²) in [5, 5.41) is 0.